The number of rotatable bonds is 3. The van der Waals surface area contributed by atoms with Gasteiger partial charge in [0.15, 0.2) is 0 Å². The standard InChI is InChI=1S/C13H8FN3O2/c14-10-2-1-3-11(9(10)7-15)17-12-6-8(13(18)19)4-5-16-12/h1-6H,(H,16,17)(H,18,19). The van der Waals surface area contributed by atoms with Crippen LogP contribution in [0, 0.1) is 17.1 Å². The van der Waals surface area contributed by atoms with E-state index in [9.17, 15) is 9.18 Å². The number of nitrogens with zero attached hydrogens (tertiary/aromatic N) is 2. The normalized spacial score (nSPS) is 9.68. The zero-order valence-corrected chi connectivity index (χ0v) is 9.59. The quantitative estimate of drug-likeness (QED) is 0.882. The molecule has 1 aromatic carbocycles. The Labute approximate surface area is 108 Å². The number of hydrogen-bond acceptors (Lipinski definition) is 4. The topological polar surface area (TPSA) is 86.0 Å². The first-order valence-electron chi connectivity index (χ1n) is 5.27. The van der Waals surface area contributed by atoms with Gasteiger partial charge in [-0.3, -0.25) is 0 Å². The van der Waals surface area contributed by atoms with Crippen molar-refractivity contribution in [3.8, 4) is 6.07 Å². The molecule has 0 saturated heterocycles. The lowest BCUT2D eigenvalue weighted by Gasteiger charge is -2.08. The smallest absolute Gasteiger partial charge is 0.335 e. The van der Waals surface area contributed by atoms with E-state index in [0.29, 0.717) is 0 Å². The van der Waals surface area contributed by atoms with Gasteiger partial charge in [0.2, 0.25) is 0 Å². The lowest BCUT2D eigenvalue weighted by Crippen LogP contribution is -2.01. The first kappa shape index (κ1) is 12.5. The summed E-state index contributed by atoms with van der Waals surface area (Å²) in [4.78, 5) is 14.7. The SMILES string of the molecule is N#Cc1c(F)cccc1Nc1cc(C(=O)O)ccn1. The van der Waals surface area contributed by atoms with Crippen LogP contribution < -0.4 is 5.32 Å². The van der Waals surface area contributed by atoms with E-state index >= 15 is 0 Å². The van der Waals surface area contributed by atoms with Crippen LogP contribution in [0.3, 0.4) is 0 Å². The Morgan fingerprint density at radius 3 is 2.89 bits per heavy atom. The van der Waals surface area contributed by atoms with Crippen molar-refractivity contribution in [3.05, 3.63) is 53.5 Å². The molecule has 0 bridgehead atoms. The van der Waals surface area contributed by atoms with Crippen LogP contribution in [-0.4, -0.2) is 16.1 Å². The number of benzene rings is 1. The Balaban J connectivity index is 2.37. The van der Waals surface area contributed by atoms with Gasteiger partial charge < -0.3 is 10.4 Å². The van der Waals surface area contributed by atoms with Gasteiger partial charge in [-0.1, -0.05) is 6.07 Å². The first-order chi connectivity index (χ1) is 9.11. The summed E-state index contributed by atoms with van der Waals surface area (Å²) in [5, 5.41) is 20.5. The van der Waals surface area contributed by atoms with E-state index in [0.717, 1.165) is 0 Å². The van der Waals surface area contributed by atoms with Gasteiger partial charge in [-0.2, -0.15) is 5.26 Å². The zero-order valence-electron chi connectivity index (χ0n) is 9.59. The largest absolute Gasteiger partial charge is 0.478 e. The fraction of sp³-hybridized carbons (Fsp3) is 0. The van der Waals surface area contributed by atoms with Crippen LogP contribution in [0.4, 0.5) is 15.9 Å². The van der Waals surface area contributed by atoms with Crippen LogP contribution in [0.1, 0.15) is 15.9 Å². The summed E-state index contributed by atoms with van der Waals surface area (Å²) in [6.07, 6.45) is 1.32. The second-order valence-electron chi connectivity index (χ2n) is 3.63. The van der Waals surface area contributed by atoms with Crippen LogP contribution in [0.25, 0.3) is 0 Å². The molecule has 0 fully saturated rings. The maximum absolute atomic E-state index is 13.4. The Morgan fingerprint density at radius 2 is 2.21 bits per heavy atom. The summed E-state index contributed by atoms with van der Waals surface area (Å²) in [7, 11) is 0. The van der Waals surface area contributed by atoms with Gasteiger partial charge in [0.25, 0.3) is 0 Å². The number of carbonyl (C=O) groups is 1. The lowest BCUT2D eigenvalue weighted by atomic mass is 10.2. The number of nitrogens with one attached hydrogen (secondary N) is 1. The molecular weight excluding hydrogens is 249 g/mol. The van der Waals surface area contributed by atoms with E-state index in [4.69, 9.17) is 10.4 Å². The molecule has 1 aromatic heterocycles. The molecule has 0 aliphatic heterocycles. The second-order valence-corrected chi connectivity index (χ2v) is 3.63. The molecule has 0 spiro atoms. The lowest BCUT2D eigenvalue weighted by molar-refractivity contribution is 0.0697. The number of carboxylic acids is 1. The number of carboxylic acid groups (broad SMARTS) is 1. The highest BCUT2D eigenvalue weighted by molar-refractivity contribution is 5.88. The van der Waals surface area contributed by atoms with Crippen LogP contribution >= 0.6 is 0 Å². The Bertz CT molecular complexity index is 680. The van der Waals surface area contributed by atoms with Crippen LogP contribution in [-0.2, 0) is 0 Å². The van der Waals surface area contributed by atoms with Gasteiger partial charge in [0.1, 0.15) is 23.3 Å². The van der Waals surface area contributed by atoms with Gasteiger partial charge in [-0.05, 0) is 24.3 Å². The minimum atomic E-state index is -1.09. The highest BCUT2D eigenvalue weighted by Crippen LogP contribution is 2.21. The second kappa shape index (κ2) is 5.14. The van der Waals surface area contributed by atoms with E-state index in [-0.39, 0.29) is 22.6 Å². The van der Waals surface area contributed by atoms with E-state index < -0.39 is 11.8 Å². The van der Waals surface area contributed by atoms with Crippen molar-refractivity contribution in [3.63, 3.8) is 0 Å². The molecule has 2 N–H and O–H groups in total. The molecule has 1 heterocycles. The fourth-order valence-corrected chi connectivity index (χ4v) is 1.51. The molecule has 0 radical (unpaired) electrons. The molecule has 2 aromatic rings. The number of nitriles is 1. The van der Waals surface area contributed by atoms with E-state index in [2.05, 4.69) is 10.3 Å². The third-order valence-electron chi connectivity index (χ3n) is 2.40. The molecule has 0 atom stereocenters. The molecule has 6 heteroatoms. The summed E-state index contributed by atoms with van der Waals surface area (Å²) < 4.78 is 13.4. The summed E-state index contributed by atoms with van der Waals surface area (Å²) in [5.74, 6) is -1.52. The van der Waals surface area contributed by atoms with Crippen molar-refractivity contribution in [1.82, 2.24) is 4.98 Å². The molecule has 19 heavy (non-hydrogen) atoms. The van der Waals surface area contributed by atoms with Gasteiger partial charge in [-0.25, -0.2) is 14.2 Å². The summed E-state index contributed by atoms with van der Waals surface area (Å²) in [6, 6.07) is 8.50. The van der Waals surface area contributed by atoms with Crippen LogP contribution in [0.5, 0.6) is 0 Å². The van der Waals surface area contributed by atoms with Crippen molar-refractivity contribution in [2.24, 2.45) is 0 Å². The fourth-order valence-electron chi connectivity index (χ4n) is 1.51. The third kappa shape index (κ3) is 2.66. The zero-order chi connectivity index (χ0) is 13.8. The summed E-state index contributed by atoms with van der Waals surface area (Å²) in [5.41, 5.74) is 0.134. The Kier molecular flexibility index (Phi) is 3.39. The van der Waals surface area contributed by atoms with Crippen molar-refractivity contribution < 1.29 is 14.3 Å². The van der Waals surface area contributed by atoms with Crippen molar-refractivity contribution in [1.29, 1.82) is 5.26 Å². The molecule has 2 rings (SSSR count). The highest BCUT2D eigenvalue weighted by atomic mass is 19.1. The maximum atomic E-state index is 13.4. The van der Waals surface area contributed by atoms with E-state index in [1.807, 2.05) is 0 Å². The minimum Gasteiger partial charge on any atom is -0.478 e. The molecule has 94 valence electrons. The van der Waals surface area contributed by atoms with Gasteiger partial charge in [0, 0.05) is 6.20 Å². The third-order valence-corrected chi connectivity index (χ3v) is 2.40. The maximum Gasteiger partial charge on any atom is 0.335 e. The van der Waals surface area contributed by atoms with E-state index in [1.165, 1.54) is 36.5 Å². The average molecular weight is 257 g/mol. The number of aromatic nitrogens is 1. The molecule has 5 nitrogen and oxygen atoms in total. The molecule has 0 aliphatic rings. The summed E-state index contributed by atoms with van der Waals surface area (Å²) in [6.45, 7) is 0. The van der Waals surface area contributed by atoms with E-state index in [1.54, 1.807) is 6.07 Å². The average Bonchev–Trinajstić information content (AvgIpc) is 2.39. The Morgan fingerprint density at radius 1 is 1.42 bits per heavy atom. The Hall–Kier alpha value is -2.94. The van der Waals surface area contributed by atoms with Crippen molar-refractivity contribution in [2.75, 3.05) is 5.32 Å². The summed E-state index contributed by atoms with van der Waals surface area (Å²) >= 11 is 0. The predicted octanol–water partition coefficient (Wildman–Crippen LogP) is 2.53. The van der Waals surface area contributed by atoms with Gasteiger partial charge in [-0.15, -0.1) is 0 Å². The number of halogens is 1. The first-order valence-corrected chi connectivity index (χ1v) is 5.27. The highest BCUT2D eigenvalue weighted by Gasteiger charge is 2.09. The molecule has 0 saturated carbocycles. The minimum absolute atomic E-state index is 0.0485. The van der Waals surface area contributed by atoms with Crippen LogP contribution in [0.15, 0.2) is 36.5 Å². The van der Waals surface area contributed by atoms with Gasteiger partial charge in [0.05, 0.1) is 11.3 Å². The predicted molar refractivity (Wildman–Crippen MR) is 65.6 cm³/mol. The monoisotopic (exact) mass is 257 g/mol. The molecule has 0 unspecified atom stereocenters. The molecule has 0 aliphatic carbocycles. The van der Waals surface area contributed by atoms with Crippen molar-refractivity contribution >= 4 is 17.5 Å². The number of pyridine rings is 1. The van der Waals surface area contributed by atoms with Gasteiger partial charge >= 0.3 is 5.97 Å². The van der Waals surface area contributed by atoms with Crippen LogP contribution in [0.2, 0.25) is 0 Å². The molecular formula is C13H8FN3O2. The number of hydrogen-bond donors (Lipinski definition) is 2. The molecule has 0 amide bonds. The number of anilines is 2. The van der Waals surface area contributed by atoms with Crippen molar-refractivity contribution in [2.45, 2.75) is 0 Å². The number of aromatic carboxylic acids is 1.